The van der Waals surface area contributed by atoms with E-state index in [9.17, 15) is 18.0 Å². The van der Waals surface area contributed by atoms with Crippen molar-refractivity contribution < 1.29 is 18.0 Å². The average molecular weight is 527 g/mol. The predicted molar refractivity (Wildman–Crippen MR) is 133 cm³/mol. The molecule has 0 spiro atoms. The Morgan fingerprint density at radius 2 is 1.80 bits per heavy atom. The highest BCUT2D eigenvalue weighted by molar-refractivity contribution is 6.30. The fourth-order valence-corrected chi connectivity index (χ4v) is 4.37. The molecule has 3 aromatic rings. The van der Waals surface area contributed by atoms with Crippen molar-refractivity contribution in [1.82, 2.24) is 15.1 Å². The third kappa shape index (κ3) is 6.18. The number of nitrogens with zero attached hydrogens (tertiary/aromatic N) is 2. The van der Waals surface area contributed by atoms with Gasteiger partial charge in [-0.05, 0) is 69.2 Å². The molecule has 0 saturated carbocycles. The Hall–Kier alpha value is -2.55. The number of nitrogens with one attached hydrogen (secondary N) is 2. The molecule has 3 atom stereocenters. The monoisotopic (exact) mass is 526 g/mol. The molecule has 35 heavy (non-hydrogen) atoms. The molecule has 1 saturated heterocycles. The Kier molecular flexibility index (Phi) is 7.89. The van der Waals surface area contributed by atoms with Gasteiger partial charge in [0.2, 0.25) is 5.91 Å². The van der Waals surface area contributed by atoms with Gasteiger partial charge in [-0.1, -0.05) is 29.8 Å². The number of halogens is 5. The van der Waals surface area contributed by atoms with Gasteiger partial charge in [0.05, 0.1) is 22.8 Å². The van der Waals surface area contributed by atoms with Gasteiger partial charge in [-0.2, -0.15) is 18.3 Å². The van der Waals surface area contributed by atoms with Gasteiger partial charge in [0.25, 0.3) is 0 Å². The van der Waals surface area contributed by atoms with Gasteiger partial charge in [0.1, 0.15) is 0 Å². The summed E-state index contributed by atoms with van der Waals surface area (Å²) in [6.45, 7) is 6.10. The van der Waals surface area contributed by atoms with Crippen LogP contribution in [0.2, 0.25) is 5.02 Å². The fraction of sp³-hybridized carbons (Fsp3) is 0.360. The van der Waals surface area contributed by atoms with Crippen LogP contribution in [0.1, 0.15) is 56.0 Å². The van der Waals surface area contributed by atoms with E-state index >= 15 is 0 Å². The van der Waals surface area contributed by atoms with Crippen molar-refractivity contribution >= 4 is 35.6 Å². The van der Waals surface area contributed by atoms with Gasteiger partial charge in [-0.15, -0.1) is 12.4 Å². The second-order valence-corrected chi connectivity index (χ2v) is 9.95. The van der Waals surface area contributed by atoms with Crippen LogP contribution in [0, 0.1) is 0 Å². The molecule has 0 radical (unpaired) electrons. The van der Waals surface area contributed by atoms with Crippen LogP contribution in [0.25, 0.3) is 0 Å². The Morgan fingerprint density at radius 3 is 2.37 bits per heavy atom. The highest BCUT2D eigenvalue weighted by atomic mass is 35.5. The Balaban J connectivity index is 0.00000342. The number of benzene rings is 2. The zero-order valence-electron chi connectivity index (χ0n) is 19.4. The molecule has 1 unspecified atom stereocenters. The second-order valence-electron chi connectivity index (χ2n) is 9.51. The Labute approximate surface area is 213 Å². The Morgan fingerprint density at radius 1 is 1.11 bits per heavy atom. The predicted octanol–water partition coefficient (Wildman–Crippen LogP) is 6.56. The van der Waals surface area contributed by atoms with Crippen LogP contribution in [0.4, 0.5) is 18.9 Å². The van der Waals surface area contributed by atoms with E-state index in [0.717, 1.165) is 17.8 Å². The van der Waals surface area contributed by atoms with Crippen molar-refractivity contribution in [3.63, 3.8) is 0 Å². The molecule has 1 aliphatic rings. The average Bonchev–Trinajstić information content (AvgIpc) is 3.41. The van der Waals surface area contributed by atoms with E-state index in [-0.39, 0.29) is 35.8 Å². The first-order valence-corrected chi connectivity index (χ1v) is 11.4. The molecule has 2 heterocycles. The zero-order chi connectivity index (χ0) is 24.7. The van der Waals surface area contributed by atoms with Crippen LogP contribution in [0.15, 0.2) is 60.8 Å². The van der Waals surface area contributed by atoms with E-state index in [1.165, 1.54) is 12.1 Å². The molecule has 0 bridgehead atoms. The molecule has 1 aliphatic heterocycles. The smallest absolute Gasteiger partial charge is 0.325 e. The summed E-state index contributed by atoms with van der Waals surface area (Å²) in [6.07, 6.45) is -2.08. The van der Waals surface area contributed by atoms with E-state index in [1.807, 2.05) is 37.7 Å². The van der Waals surface area contributed by atoms with Crippen LogP contribution in [0.5, 0.6) is 0 Å². The summed E-state index contributed by atoms with van der Waals surface area (Å²) < 4.78 is 41.0. The number of carbonyl (C=O) groups is 1. The lowest BCUT2D eigenvalue weighted by molar-refractivity contribution is -0.137. The number of rotatable bonds is 4. The number of aromatic nitrogens is 2. The first-order chi connectivity index (χ1) is 15.9. The third-order valence-corrected chi connectivity index (χ3v) is 6.19. The molecule has 4 rings (SSSR count). The number of amides is 1. The minimum absolute atomic E-state index is 0. The molecule has 2 N–H and O–H groups in total. The maximum Gasteiger partial charge on any atom is 0.416 e. The highest BCUT2D eigenvalue weighted by Gasteiger charge is 2.41. The molecule has 1 amide bonds. The van der Waals surface area contributed by atoms with Gasteiger partial charge in [-0.3, -0.25) is 14.8 Å². The van der Waals surface area contributed by atoms with E-state index in [0.29, 0.717) is 22.7 Å². The van der Waals surface area contributed by atoms with Gasteiger partial charge < -0.3 is 5.32 Å². The van der Waals surface area contributed by atoms with E-state index in [1.54, 1.807) is 24.3 Å². The quantitative estimate of drug-likeness (QED) is 0.404. The van der Waals surface area contributed by atoms with Crippen molar-refractivity contribution in [1.29, 1.82) is 0 Å². The topological polar surface area (TPSA) is 59.0 Å². The van der Waals surface area contributed by atoms with Crippen LogP contribution >= 0.6 is 24.0 Å². The SMILES string of the molecule is CC(C)(C)n1ccc(C2C[C@@H](C(=O)Nc3cccc(Cl)c3)N[C@H]2c2ccc(C(F)(F)F)cc2)n1.Cl. The number of hydrogen-bond donors (Lipinski definition) is 2. The summed E-state index contributed by atoms with van der Waals surface area (Å²) in [7, 11) is 0. The van der Waals surface area contributed by atoms with Crippen LogP contribution in [-0.4, -0.2) is 21.7 Å². The Bertz CT molecular complexity index is 1170. The number of alkyl halides is 3. The second kappa shape index (κ2) is 10.2. The summed E-state index contributed by atoms with van der Waals surface area (Å²) in [5.41, 5.74) is 1.09. The van der Waals surface area contributed by atoms with E-state index < -0.39 is 17.8 Å². The molecular formula is C25H27Cl2F3N4O. The summed E-state index contributed by atoms with van der Waals surface area (Å²) >= 11 is 6.02. The minimum atomic E-state index is -4.41. The lowest BCUT2D eigenvalue weighted by Gasteiger charge is -2.21. The molecule has 1 aromatic heterocycles. The van der Waals surface area contributed by atoms with Crippen LogP contribution < -0.4 is 10.6 Å². The zero-order valence-corrected chi connectivity index (χ0v) is 21.0. The molecule has 188 valence electrons. The molecular weight excluding hydrogens is 500 g/mol. The van der Waals surface area contributed by atoms with Crippen molar-refractivity contribution in [3.05, 3.63) is 82.6 Å². The summed E-state index contributed by atoms with van der Waals surface area (Å²) in [4.78, 5) is 13.0. The van der Waals surface area contributed by atoms with Gasteiger partial charge >= 0.3 is 6.18 Å². The third-order valence-electron chi connectivity index (χ3n) is 5.96. The standard InChI is InChI=1S/C25H26ClF3N4O.ClH/c1-24(2,3)33-12-11-20(32-33)19-14-21(23(34)30-18-6-4-5-17(26)13-18)31-22(19)15-7-9-16(10-8-15)25(27,28)29;/h4-13,19,21-22,31H,14H2,1-3H3,(H,30,34);1H/t19?,21-,22-;/m0./s1. The summed E-state index contributed by atoms with van der Waals surface area (Å²) in [5.74, 6) is -0.438. The molecule has 10 heteroatoms. The summed E-state index contributed by atoms with van der Waals surface area (Å²) in [5, 5.41) is 11.4. The number of anilines is 1. The van der Waals surface area contributed by atoms with Gasteiger partial charge in [-0.25, -0.2) is 0 Å². The molecule has 0 aliphatic carbocycles. The fourth-order valence-electron chi connectivity index (χ4n) is 4.18. The van der Waals surface area contributed by atoms with Crippen LogP contribution in [0.3, 0.4) is 0 Å². The maximum atomic E-state index is 13.1. The van der Waals surface area contributed by atoms with Crippen molar-refractivity contribution in [2.75, 3.05) is 5.32 Å². The normalized spacial score (nSPS) is 20.4. The van der Waals surface area contributed by atoms with Gasteiger partial charge in [0, 0.05) is 28.9 Å². The first kappa shape index (κ1) is 27.0. The molecule has 2 aromatic carbocycles. The first-order valence-electron chi connectivity index (χ1n) is 11.0. The number of carbonyl (C=O) groups excluding carboxylic acids is 1. The largest absolute Gasteiger partial charge is 0.416 e. The molecule has 1 fully saturated rings. The maximum absolute atomic E-state index is 13.1. The lowest BCUT2D eigenvalue weighted by Crippen LogP contribution is -2.36. The summed E-state index contributed by atoms with van der Waals surface area (Å²) in [6, 6.07) is 12.9. The molecule has 5 nitrogen and oxygen atoms in total. The highest BCUT2D eigenvalue weighted by Crippen LogP contribution is 2.41. The van der Waals surface area contributed by atoms with Gasteiger partial charge in [0.15, 0.2) is 0 Å². The van der Waals surface area contributed by atoms with Crippen molar-refractivity contribution in [2.24, 2.45) is 0 Å². The number of hydrogen-bond acceptors (Lipinski definition) is 3. The lowest BCUT2D eigenvalue weighted by atomic mass is 9.90. The van der Waals surface area contributed by atoms with E-state index in [2.05, 4.69) is 10.6 Å². The minimum Gasteiger partial charge on any atom is -0.325 e. The van der Waals surface area contributed by atoms with Crippen LogP contribution in [-0.2, 0) is 16.5 Å². The van der Waals surface area contributed by atoms with E-state index in [4.69, 9.17) is 16.7 Å². The van der Waals surface area contributed by atoms with Crippen molar-refractivity contribution in [3.8, 4) is 0 Å². The van der Waals surface area contributed by atoms with Crippen molar-refractivity contribution in [2.45, 2.75) is 56.9 Å².